The molecule has 0 unspecified atom stereocenters. The number of nitrogens with zero attached hydrogens (tertiary/aromatic N) is 2. The second-order valence-corrected chi connectivity index (χ2v) is 5.00. The smallest absolute Gasteiger partial charge is 0.169 e. The molecule has 0 bridgehead atoms. The van der Waals surface area contributed by atoms with Crippen molar-refractivity contribution in [1.82, 2.24) is 9.97 Å². The van der Waals surface area contributed by atoms with E-state index in [0.29, 0.717) is 17.5 Å². The summed E-state index contributed by atoms with van der Waals surface area (Å²) >= 11 is 0. The van der Waals surface area contributed by atoms with E-state index in [1.165, 1.54) is 5.56 Å². The molecule has 0 atom stereocenters. The van der Waals surface area contributed by atoms with E-state index in [4.69, 9.17) is 0 Å². The van der Waals surface area contributed by atoms with Crippen LogP contribution in [0.2, 0.25) is 0 Å². The Morgan fingerprint density at radius 2 is 1.67 bits per heavy atom. The van der Waals surface area contributed by atoms with Crippen LogP contribution in [0.25, 0.3) is 11.0 Å². The highest BCUT2D eigenvalue weighted by atomic mass is 16.1. The molecule has 0 N–H and O–H groups in total. The lowest BCUT2D eigenvalue weighted by Crippen LogP contribution is -2.05. The van der Waals surface area contributed by atoms with Crippen LogP contribution in [0.15, 0.2) is 54.9 Å². The molecule has 104 valence electrons. The van der Waals surface area contributed by atoms with Crippen molar-refractivity contribution in [3.05, 3.63) is 71.5 Å². The molecular formula is C18H16N2O. The highest BCUT2D eigenvalue weighted by molar-refractivity contribution is 6.06. The number of benzene rings is 2. The lowest BCUT2D eigenvalue weighted by Gasteiger charge is -2.05. The van der Waals surface area contributed by atoms with Crippen molar-refractivity contribution in [2.75, 3.05) is 0 Å². The number of aromatic nitrogens is 2. The first kappa shape index (κ1) is 13.4. The number of carbonyl (C=O) groups is 1. The van der Waals surface area contributed by atoms with Crippen LogP contribution in [-0.2, 0) is 12.8 Å². The predicted octanol–water partition coefficient (Wildman–Crippen LogP) is 3.62. The molecule has 0 aliphatic carbocycles. The van der Waals surface area contributed by atoms with Crippen LogP contribution in [0.1, 0.15) is 28.4 Å². The summed E-state index contributed by atoms with van der Waals surface area (Å²) in [5.74, 6) is 0.0744. The van der Waals surface area contributed by atoms with Crippen LogP contribution in [0.5, 0.6) is 0 Å². The van der Waals surface area contributed by atoms with Crippen molar-refractivity contribution in [3.8, 4) is 0 Å². The normalized spacial score (nSPS) is 10.7. The van der Waals surface area contributed by atoms with Gasteiger partial charge in [-0.05, 0) is 29.7 Å². The van der Waals surface area contributed by atoms with Gasteiger partial charge >= 0.3 is 0 Å². The van der Waals surface area contributed by atoms with Crippen molar-refractivity contribution in [2.24, 2.45) is 0 Å². The van der Waals surface area contributed by atoms with Gasteiger partial charge in [0.05, 0.1) is 11.0 Å². The van der Waals surface area contributed by atoms with Crippen LogP contribution < -0.4 is 0 Å². The van der Waals surface area contributed by atoms with Gasteiger partial charge in [0.15, 0.2) is 5.78 Å². The maximum atomic E-state index is 12.5. The molecule has 21 heavy (non-hydrogen) atoms. The summed E-state index contributed by atoms with van der Waals surface area (Å²) in [5.41, 5.74) is 4.38. The largest absolute Gasteiger partial charge is 0.294 e. The number of carbonyl (C=O) groups excluding carboxylic acids is 1. The summed E-state index contributed by atoms with van der Waals surface area (Å²) in [4.78, 5) is 21.0. The van der Waals surface area contributed by atoms with Crippen LogP contribution in [0.4, 0.5) is 0 Å². The molecule has 0 aliphatic heterocycles. The Morgan fingerprint density at radius 3 is 2.43 bits per heavy atom. The number of para-hydroxylation sites is 1. The van der Waals surface area contributed by atoms with E-state index in [2.05, 4.69) is 29.0 Å². The fourth-order valence-electron chi connectivity index (χ4n) is 2.39. The summed E-state index contributed by atoms with van der Waals surface area (Å²) in [6, 6.07) is 13.7. The van der Waals surface area contributed by atoms with Gasteiger partial charge < -0.3 is 0 Å². The van der Waals surface area contributed by atoms with Gasteiger partial charge in [0, 0.05) is 24.4 Å². The number of hydrogen-bond acceptors (Lipinski definition) is 3. The number of fused-ring (bicyclic) bond motifs is 1. The maximum absolute atomic E-state index is 12.5. The number of ketones is 1. The van der Waals surface area contributed by atoms with E-state index in [9.17, 15) is 4.79 Å². The van der Waals surface area contributed by atoms with Gasteiger partial charge in [-0.2, -0.15) is 0 Å². The minimum Gasteiger partial charge on any atom is -0.294 e. The Kier molecular flexibility index (Phi) is 3.73. The molecule has 2 aromatic carbocycles. The van der Waals surface area contributed by atoms with Crippen LogP contribution >= 0.6 is 0 Å². The number of hydrogen-bond donors (Lipinski definition) is 0. The molecule has 1 aromatic heterocycles. The minimum absolute atomic E-state index is 0.0744. The Balaban J connectivity index is 1.90. The van der Waals surface area contributed by atoms with E-state index < -0.39 is 0 Å². The van der Waals surface area contributed by atoms with E-state index in [1.807, 2.05) is 30.3 Å². The Labute approximate surface area is 123 Å². The minimum atomic E-state index is 0.0744. The van der Waals surface area contributed by atoms with Crippen molar-refractivity contribution < 1.29 is 4.79 Å². The van der Waals surface area contributed by atoms with E-state index in [-0.39, 0.29) is 5.78 Å². The molecule has 0 spiro atoms. The summed E-state index contributed by atoms with van der Waals surface area (Å²) < 4.78 is 0. The molecule has 3 nitrogen and oxygen atoms in total. The predicted molar refractivity (Wildman–Crippen MR) is 83.4 cm³/mol. The first-order chi connectivity index (χ1) is 10.3. The average Bonchev–Trinajstić information content (AvgIpc) is 2.55. The van der Waals surface area contributed by atoms with Crippen molar-refractivity contribution in [3.63, 3.8) is 0 Å². The number of aryl methyl sites for hydroxylation is 1. The summed E-state index contributed by atoms with van der Waals surface area (Å²) in [6.45, 7) is 2.12. The van der Waals surface area contributed by atoms with Crippen molar-refractivity contribution >= 4 is 16.8 Å². The third kappa shape index (κ3) is 2.82. The van der Waals surface area contributed by atoms with Crippen LogP contribution in [0, 0.1) is 0 Å². The van der Waals surface area contributed by atoms with Gasteiger partial charge in [-0.25, -0.2) is 0 Å². The molecule has 3 aromatic rings. The molecule has 0 amide bonds. The topological polar surface area (TPSA) is 42.9 Å². The Hall–Kier alpha value is -2.55. The van der Waals surface area contributed by atoms with Gasteiger partial charge in [0.1, 0.15) is 0 Å². The average molecular weight is 276 g/mol. The zero-order chi connectivity index (χ0) is 14.7. The number of Topliss-reactive ketones (excluding diaryl/α,β-unsaturated/α-hetero) is 1. The fourth-order valence-corrected chi connectivity index (χ4v) is 2.39. The lowest BCUT2D eigenvalue weighted by molar-refractivity contribution is 0.0994. The van der Waals surface area contributed by atoms with Crippen molar-refractivity contribution in [2.45, 2.75) is 19.8 Å². The Morgan fingerprint density at radius 1 is 0.952 bits per heavy atom. The van der Waals surface area contributed by atoms with Gasteiger partial charge in [-0.15, -0.1) is 0 Å². The quantitative estimate of drug-likeness (QED) is 0.683. The molecule has 1 heterocycles. The highest BCUT2D eigenvalue weighted by Gasteiger charge is 2.12. The van der Waals surface area contributed by atoms with E-state index in [0.717, 1.165) is 17.5 Å². The standard InChI is InChI=1S/C18H16N2O/c1-2-13-6-8-14(9-7-13)12-17(21)15-4-3-5-16-18(15)20-11-10-19-16/h3-11H,2,12H2,1H3. The molecule has 0 aliphatic rings. The summed E-state index contributed by atoms with van der Waals surface area (Å²) in [7, 11) is 0. The van der Waals surface area contributed by atoms with Gasteiger partial charge in [0.2, 0.25) is 0 Å². The molecule has 3 heteroatoms. The maximum Gasteiger partial charge on any atom is 0.169 e. The Bertz CT molecular complexity index is 773. The third-order valence-corrected chi connectivity index (χ3v) is 3.59. The zero-order valence-electron chi connectivity index (χ0n) is 11.9. The van der Waals surface area contributed by atoms with Gasteiger partial charge in [0.25, 0.3) is 0 Å². The van der Waals surface area contributed by atoms with Crippen LogP contribution in [-0.4, -0.2) is 15.8 Å². The molecule has 0 fully saturated rings. The van der Waals surface area contributed by atoms with E-state index in [1.54, 1.807) is 12.4 Å². The second kappa shape index (κ2) is 5.83. The summed E-state index contributed by atoms with van der Waals surface area (Å²) in [5, 5.41) is 0. The first-order valence-electron chi connectivity index (χ1n) is 7.08. The molecule has 0 saturated carbocycles. The summed E-state index contributed by atoms with van der Waals surface area (Å²) in [6.07, 6.45) is 4.65. The lowest BCUT2D eigenvalue weighted by atomic mass is 10.0. The second-order valence-electron chi connectivity index (χ2n) is 5.00. The molecule has 3 rings (SSSR count). The molecule has 0 radical (unpaired) electrons. The molecular weight excluding hydrogens is 260 g/mol. The fraction of sp³-hybridized carbons (Fsp3) is 0.167. The highest BCUT2D eigenvalue weighted by Crippen LogP contribution is 2.16. The van der Waals surface area contributed by atoms with Gasteiger partial charge in [-0.3, -0.25) is 14.8 Å². The SMILES string of the molecule is CCc1ccc(CC(=O)c2cccc3nccnc23)cc1. The van der Waals surface area contributed by atoms with Gasteiger partial charge in [-0.1, -0.05) is 37.3 Å². The molecule has 0 saturated heterocycles. The van der Waals surface area contributed by atoms with Crippen molar-refractivity contribution in [1.29, 1.82) is 0 Å². The zero-order valence-corrected chi connectivity index (χ0v) is 11.9. The number of rotatable bonds is 4. The van der Waals surface area contributed by atoms with E-state index >= 15 is 0 Å². The third-order valence-electron chi connectivity index (χ3n) is 3.59. The van der Waals surface area contributed by atoms with Crippen LogP contribution in [0.3, 0.4) is 0 Å². The monoisotopic (exact) mass is 276 g/mol. The first-order valence-corrected chi connectivity index (χ1v) is 7.08.